The van der Waals surface area contributed by atoms with Crippen molar-refractivity contribution in [2.24, 2.45) is 7.05 Å². The fourth-order valence-corrected chi connectivity index (χ4v) is 3.47. The molecular formula is C14H18Br2N4. The van der Waals surface area contributed by atoms with Crippen LogP contribution in [0.25, 0.3) is 0 Å². The molecule has 1 atom stereocenters. The van der Waals surface area contributed by atoms with Gasteiger partial charge < -0.3 is 5.32 Å². The summed E-state index contributed by atoms with van der Waals surface area (Å²) in [4.78, 5) is 4.54. The fourth-order valence-electron chi connectivity index (χ4n) is 2.20. The van der Waals surface area contributed by atoms with Crippen LogP contribution >= 0.6 is 31.9 Å². The van der Waals surface area contributed by atoms with Gasteiger partial charge in [-0.05, 0) is 63.4 Å². The zero-order valence-corrected chi connectivity index (χ0v) is 14.8. The largest absolute Gasteiger partial charge is 0.309 e. The third-order valence-electron chi connectivity index (χ3n) is 3.23. The van der Waals surface area contributed by atoms with E-state index in [0.717, 1.165) is 34.0 Å². The third kappa shape index (κ3) is 3.90. The first-order valence-electron chi connectivity index (χ1n) is 6.63. The van der Waals surface area contributed by atoms with Gasteiger partial charge in [-0.25, -0.2) is 0 Å². The van der Waals surface area contributed by atoms with Crippen LogP contribution in [0, 0.1) is 0 Å². The van der Waals surface area contributed by atoms with E-state index in [9.17, 15) is 0 Å². The summed E-state index contributed by atoms with van der Waals surface area (Å²) in [5.74, 6) is 0. The topological polar surface area (TPSA) is 42.7 Å². The van der Waals surface area contributed by atoms with Crippen molar-refractivity contribution in [2.75, 3.05) is 6.54 Å². The Labute approximate surface area is 136 Å². The van der Waals surface area contributed by atoms with Crippen LogP contribution < -0.4 is 5.32 Å². The highest BCUT2D eigenvalue weighted by Crippen LogP contribution is 2.27. The maximum absolute atomic E-state index is 4.54. The van der Waals surface area contributed by atoms with Crippen molar-refractivity contribution in [2.45, 2.75) is 25.8 Å². The first-order valence-corrected chi connectivity index (χ1v) is 8.21. The zero-order chi connectivity index (χ0) is 14.5. The molecular weight excluding hydrogens is 384 g/mol. The second-order valence-electron chi connectivity index (χ2n) is 4.62. The molecule has 0 aliphatic heterocycles. The number of nitrogens with zero attached hydrogens (tertiary/aromatic N) is 3. The van der Waals surface area contributed by atoms with Crippen molar-refractivity contribution in [1.29, 1.82) is 0 Å². The Morgan fingerprint density at radius 3 is 2.80 bits per heavy atom. The quantitative estimate of drug-likeness (QED) is 0.803. The minimum Gasteiger partial charge on any atom is -0.309 e. The van der Waals surface area contributed by atoms with Gasteiger partial charge >= 0.3 is 0 Å². The number of pyridine rings is 1. The van der Waals surface area contributed by atoms with Crippen LogP contribution in [-0.4, -0.2) is 21.3 Å². The molecule has 2 heterocycles. The molecule has 4 nitrogen and oxygen atoms in total. The number of halogens is 2. The van der Waals surface area contributed by atoms with E-state index in [1.54, 1.807) is 0 Å². The van der Waals surface area contributed by atoms with E-state index in [0.29, 0.717) is 0 Å². The molecule has 0 aromatic carbocycles. The first kappa shape index (κ1) is 15.7. The Balaban J connectivity index is 2.12. The standard InChI is InChI=1S/C14H18Br2N4/c1-3-17-13(5-4-11-6-7-19-20(11)2)14-12(16)8-10(15)9-18-14/h6-9,13,17H,3-5H2,1-2H3. The molecule has 0 saturated heterocycles. The molecule has 0 saturated carbocycles. The lowest BCUT2D eigenvalue weighted by Gasteiger charge is -2.18. The number of aromatic nitrogens is 3. The average Bonchev–Trinajstić information content (AvgIpc) is 2.81. The van der Waals surface area contributed by atoms with Crippen molar-refractivity contribution >= 4 is 31.9 Å². The van der Waals surface area contributed by atoms with Crippen LogP contribution in [0.15, 0.2) is 33.5 Å². The molecule has 0 amide bonds. The lowest BCUT2D eigenvalue weighted by Crippen LogP contribution is -2.23. The Hall–Kier alpha value is -0.720. The molecule has 2 rings (SSSR count). The summed E-state index contributed by atoms with van der Waals surface area (Å²) in [7, 11) is 1.98. The Bertz CT molecular complexity index is 568. The summed E-state index contributed by atoms with van der Waals surface area (Å²) in [6, 6.07) is 4.33. The van der Waals surface area contributed by atoms with E-state index in [4.69, 9.17) is 0 Å². The van der Waals surface area contributed by atoms with Gasteiger partial charge in [0.05, 0.1) is 11.7 Å². The molecule has 1 unspecified atom stereocenters. The normalized spacial score (nSPS) is 12.6. The lowest BCUT2D eigenvalue weighted by molar-refractivity contribution is 0.493. The van der Waals surface area contributed by atoms with E-state index in [1.807, 2.05) is 30.2 Å². The molecule has 2 aromatic heterocycles. The molecule has 0 bridgehead atoms. The van der Waals surface area contributed by atoms with Gasteiger partial charge in [0.15, 0.2) is 0 Å². The molecule has 20 heavy (non-hydrogen) atoms. The lowest BCUT2D eigenvalue weighted by atomic mass is 10.1. The van der Waals surface area contributed by atoms with Gasteiger partial charge in [0.1, 0.15) is 0 Å². The van der Waals surface area contributed by atoms with E-state index in [1.165, 1.54) is 5.69 Å². The smallest absolute Gasteiger partial charge is 0.0715 e. The van der Waals surface area contributed by atoms with Gasteiger partial charge in [-0.2, -0.15) is 5.10 Å². The molecule has 0 aliphatic rings. The molecule has 0 aliphatic carbocycles. The van der Waals surface area contributed by atoms with Crippen molar-refractivity contribution < 1.29 is 0 Å². The minimum absolute atomic E-state index is 0.234. The minimum atomic E-state index is 0.234. The number of hydrogen-bond acceptors (Lipinski definition) is 3. The summed E-state index contributed by atoms with van der Waals surface area (Å²) in [5, 5.41) is 7.71. The highest BCUT2D eigenvalue weighted by atomic mass is 79.9. The number of aryl methyl sites for hydroxylation is 2. The van der Waals surface area contributed by atoms with Crippen LogP contribution in [0.4, 0.5) is 0 Å². The molecule has 0 radical (unpaired) electrons. The second-order valence-corrected chi connectivity index (χ2v) is 6.39. The third-order valence-corrected chi connectivity index (χ3v) is 4.30. The van der Waals surface area contributed by atoms with Crippen LogP contribution in [0.3, 0.4) is 0 Å². The predicted molar refractivity (Wildman–Crippen MR) is 87.6 cm³/mol. The van der Waals surface area contributed by atoms with Crippen LogP contribution in [-0.2, 0) is 13.5 Å². The molecule has 6 heteroatoms. The van der Waals surface area contributed by atoms with Crippen molar-refractivity contribution in [3.05, 3.63) is 44.9 Å². The van der Waals surface area contributed by atoms with E-state index in [2.05, 4.69) is 60.2 Å². The highest BCUT2D eigenvalue weighted by Gasteiger charge is 2.16. The van der Waals surface area contributed by atoms with Crippen molar-refractivity contribution in [1.82, 2.24) is 20.1 Å². The van der Waals surface area contributed by atoms with Gasteiger partial charge in [-0.1, -0.05) is 6.92 Å². The van der Waals surface area contributed by atoms with E-state index >= 15 is 0 Å². The highest BCUT2D eigenvalue weighted by molar-refractivity contribution is 9.11. The fraction of sp³-hybridized carbons (Fsp3) is 0.429. The molecule has 0 spiro atoms. The summed E-state index contributed by atoms with van der Waals surface area (Å²) in [5.41, 5.74) is 2.29. The van der Waals surface area contributed by atoms with Crippen molar-refractivity contribution in [3.63, 3.8) is 0 Å². The summed E-state index contributed by atoms with van der Waals surface area (Å²) < 4.78 is 3.94. The maximum Gasteiger partial charge on any atom is 0.0715 e. The molecule has 0 fully saturated rings. The predicted octanol–water partition coefficient (Wildman–Crippen LogP) is 3.62. The molecule has 1 N–H and O–H groups in total. The maximum atomic E-state index is 4.54. The van der Waals surface area contributed by atoms with Gasteiger partial charge in [-0.15, -0.1) is 0 Å². The van der Waals surface area contributed by atoms with Crippen molar-refractivity contribution in [3.8, 4) is 0 Å². The average molecular weight is 402 g/mol. The number of nitrogens with one attached hydrogen (secondary N) is 1. The molecule has 2 aromatic rings. The zero-order valence-electron chi connectivity index (χ0n) is 11.6. The van der Waals surface area contributed by atoms with Gasteiger partial charge in [0.25, 0.3) is 0 Å². The Morgan fingerprint density at radius 1 is 1.40 bits per heavy atom. The van der Waals surface area contributed by atoms with Gasteiger partial charge in [-0.3, -0.25) is 9.67 Å². The monoisotopic (exact) mass is 400 g/mol. The second kappa shape index (κ2) is 7.33. The van der Waals surface area contributed by atoms with Crippen LogP contribution in [0.5, 0.6) is 0 Å². The Morgan fingerprint density at radius 2 is 2.20 bits per heavy atom. The molecule has 108 valence electrons. The Kier molecular flexibility index (Phi) is 5.74. The van der Waals surface area contributed by atoms with Gasteiger partial charge in [0.2, 0.25) is 0 Å². The summed E-state index contributed by atoms with van der Waals surface area (Å²) in [6.45, 7) is 3.03. The summed E-state index contributed by atoms with van der Waals surface area (Å²) in [6.07, 6.45) is 5.64. The van der Waals surface area contributed by atoms with Crippen LogP contribution in [0.1, 0.15) is 30.8 Å². The number of hydrogen-bond donors (Lipinski definition) is 1. The van der Waals surface area contributed by atoms with Gasteiger partial charge in [0, 0.05) is 34.1 Å². The van der Waals surface area contributed by atoms with E-state index < -0.39 is 0 Å². The number of rotatable bonds is 6. The first-order chi connectivity index (χ1) is 9.61. The summed E-state index contributed by atoms with van der Waals surface area (Å²) >= 11 is 7.04. The van der Waals surface area contributed by atoms with E-state index in [-0.39, 0.29) is 6.04 Å². The SMILES string of the molecule is CCNC(CCc1ccnn1C)c1ncc(Br)cc1Br. The van der Waals surface area contributed by atoms with Crippen LogP contribution in [0.2, 0.25) is 0 Å².